The molecule has 0 radical (unpaired) electrons. The van der Waals surface area contributed by atoms with Crippen molar-refractivity contribution >= 4 is 10.0 Å². The van der Waals surface area contributed by atoms with Gasteiger partial charge in [0.2, 0.25) is 15.8 Å². The second kappa shape index (κ2) is 7.24. The van der Waals surface area contributed by atoms with Gasteiger partial charge in [-0.15, -0.1) is 0 Å². The third-order valence-corrected chi connectivity index (χ3v) is 6.33. The van der Waals surface area contributed by atoms with Crippen molar-refractivity contribution in [3.8, 4) is 5.88 Å². The zero-order chi connectivity index (χ0) is 18.9. The van der Waals surface area contributed by atoms with Gasteiger partial charge >= 0.3 is 0 Å². The normalized spacial score (nSPS) is 18.2. The summed E-state index contributed by atoms with van der Waals surface area (Å²) in [5, 5.41) is 0. The summed E-state index contributed by atoms with van der Waals surface area (Å²) in [4.78, 5) is 7.70. The van der Waals surface area contributed by atoms with E-state index in [-0.39, 0.29) is 29.6 Å². The van der Waals surface area contributed by atoms with Gasteiger partial charge < -0.3 is 4.74 Å². The van der Waals surface area contributed by atoms with E-state index >= 15 is 0 Å². The van der Waals surface area contributed by atoms with Gasteiger partial charge in [-0.2, -0.15) is 13.7 Å². The van der Waals surface area contributed by atoms with Crippen LogP contribution in [-0.2, 0) is 16.4 Å². The van der Waals surface area contributed by atoms with E-state index in [1.807, 2.05) is 0 Å². The summed E-state index contributed by atoms with van der Waals surface area (Å²) in [5.74, 6) is -1.28. The molecule has 1 aliphatic rings. The van der Waals surface area contributed by atoms with Crippen molar-refractivity contribution in [2.45, 2.75) is 37.7 Å². The van der Waals surface area contributed by atoms with Crippen LogP contribution in [0.15, 0.2) is 29.4 Å². The summed E-state index contributed by atoms with van der Waals surface area (Å²) in [5.41, 5.74) is 0.586. The lowest BCUT2D eigenvalue weighted by Crippen LogP contribution is -2.31. The molecule has 2 heterocycles. The molecular formula is C17H19F2N3O3S. The molecule has 1 saturated heterocycles. The first-order valence-corrected chi connectivity index (χ1v) is 9.69. The Labute approximate surface area is 150 Å². The summed E-state index contributed by atoms with van der Waals surface area (Å²) < 4.78 is 59.8. The monoisotopic (exact) mass is 383 g/mol. The summed E-state index contributed by atoms with van der Waals surface area (Å²) in [6, 6.07) is 3.55. The molecule has 0 bridgehead atoms. The minimum Gasteiger partial charge on any atom is -0.471 e. The Hall–Kier alpha value is -2.13. The van der Waals surface area contributed by atoms with E-state index in [1.54, 1.807) is 13.8 Å². The lowest BCUT2D eigenvalue weighted by molar-refractivity contribution is 0.195. The van der Waals surface area contributed by atoms with Crippen molar-refractivity contribution in [1.29, 1.82) is 0 Å². The standard InChI is InChI=1S/C17H19F2N3O3S/c1-3-14-16(19)17(21-10-20-14)25-13-6-7-22(9-13)26(23,24)15-5-4-12(18)8-11(15)2/h4-5,8,10,13H,3,6-7,9H2,1-2H3/t13-/m0/s1. The first-order chi connectivity index (χ1) is 12.3. The van der Waals surface area contributed by atoms with Crippen molar-refractivity contribution in [3.63, 3.8) is 0 Å². The molecule has 1 atom stereocenters. The Morgan fingerprint density at radius 3 is 2.77 bits per heavy atom. The van der Waals surface area contributed by atoms with E-state index in [4.69, 9.17) is 4.74 Å². The average molecular weight is 383 g/mol. The number of hydrogen-bond donors (Lipinski definition) is 0. The van der Waals surface area contributed by atoms with Gasteiger partial charge in [-0.05, 0) is 43.5 Å². The van der Waals surface area contributed by atoms with Crippen LogP contribution in [0.4, 0.5) is 8.78 Å². The first-order valence-electron chi connectivity index (χ1n) is 8.25. The Morgan fingerprint density at radius 2 is 2.08 bits per heavy atom. The number of ether oxygens (including phenoxy) is 1. The highest BCUT2D eigenvalue weighted by molar-refractivity contribution is 7.89. The summed E-state index contributed by atoms with van der Waals surface area (Å²) >= 11 is 0. The fourth-order valence-corrected chi connectivity index (χ4v) is 4.62. The fraction of sp³-hybridized carbons (Fsp3) is 0.412. The molecule has 140 valence electrons. The molecule has 0 amide bonds. The van der Waals surface area contributed by atoms with Crippen molar-refractivity contribution < 1.29 is 21.9 Å². The SMILES string of the molecule is CCc1ncnc(O[C@H]2CCN(S(=O)(=O)c3ccc(F)cc3C)C2)c1F. The number of nitrogens with zero attached hydrogens (tertiary/aromatic N) is 3. The Morgan fingerprint density at radius 1 is 1.31 bits per heavy atom. The molecule has 0 spiro atoms. The highest BCUT2D eigenvalue weighted by Gasteiger charge is 2.35. The molecule has 6 nitrogen and oxygen atoms in total. The van der Waals surface area contributed by atoms with Crippen LogP contribution < -0.4 is 4.74 Å². The quantitative estimate of drug-likeness (QED) is 0.793. The van der Waals surface area contributed by atoms with E-state index in [1.165, 1.54) is 22.8 Å². The molecule has 0 saturated carbocycles. The molecule has 0 unspecified atom stereocenters. The molecule has 1 aromatic carbocycles. The molecule has 1 aliphatic heterocycles. The van der Waals surface area contributed by atoms with E-state index < -0.39 is 27.8 Å². The summed E-state index contributed by atoms with van der Waals surface area (Å²) in [6.45, 7) is 3.62. The topological polar surface area (TPSA) is 72.4 Å². The highest BCUT2D eigenvalue weighted by Crippen LogP contribution is 2.27. The first kappa shape index (κ1) is 18.7. The van der Waals surface area contributed by atoms with Crippen LogP contribution in [-0.4, -0.2) is 41.9 Å². The van der Waals surface area contributed by atoms with E-state index in [2.05, 4.69) is 9.97 Å². The van der Waals surface area contributed by atoms with Crippen molar-refractivity contribution in [2.24, 2.45) is 0 Å². The third-order valence-electron chi connectivity index (χ3n) is 4.31. The van der Waals surface area contributed by atoms with Crippen LogP contribution in [0.3, 0.4) is 0 Å². The molecular weight excluding hydrogens is 364 g/mol. The van der Waals surface area contributed by atoms with E-state index in [0.717, 1.165) is 6.07 Å². The predicted molar refractivity (Wildman–Crippen MR) is 90.3 cm³/mol. The number of benzene rings is 1. The van der Waals surface area contributed by atoms with Crippen LogP contribution in [0.2, 0.25) is 0 Å². The van der Waals surface area contributed by atoms with Crippen LogP contribution in [0, 0.1) is 18.6 Å². The van der Waals surface area contributed by atoms with Gasteiger partial charge in [0.05, 0.1) is 17.1 Å². The molecule has 26 heavy (non-hydrogen) atoms. The molecule has 1 aromatic heterocycles. The van der Waals surface area contributed by atoms with Crippen LogP contribution in [0.1, 0.15) is 24.6 Å². The van der Waals surface area contributed by atoms with Gasteiger partial charge in [-0.1, -0.05) is 6.92 Å². The maximum absolute atomic E-state index is 14.2. The number of halogens is 2. The maximum Gasteiger partial charge on any atom is 0.254 e. The largest absolute Gasteiger partial charge is 0.471 e. The number of rotatable bonds is 5. The molecule has 3 rings (SSSR count). The van der Waals surface area contributed by atoms with Gasteiger partial charge in [0.1, 0.15) is 18.2 Å². The lowest BCUT2D eigenvalue weighted by Gasteiger charge is -2.18. The third kappa shape index (κ3) is 3.54. The molecule has 2 aromatic rings. The number of sulfonamides is 1. The van der Waals surface area contributed by atoms with Crippen LogP contribution in [0.5, 0.6) is 5.88 Å². The smallest absolute Gasteiger partial charge is 0.254 e. The van der Waals surface area contributed by atoms with E-state index in [0.29, 0.717) is 18.4 Å². The van der Waals surface area contributed by atoms with Crippen LogP contribution in [0.25, 0.3) is 0 Å². The van der Waals surface area contributed by atoms with Gasteiger partial charge in [0.25, 0.3) is 5.88 Å². The van der Waals surface area contributed by atoms with Gasteiger partial charge in [-0.3, -0.25) is 0 Å². The number of aryl methyl sites for hydroxylation is 2. The Balaban J connectivity index is 1.76. The van der Waals surface area contributed by atoms with Crippen molar-refractivity contribution in [1.82, 2.24) is 14.3 Å². The van der Waals surface area contributed by atoms with Crippen molar-refractivity contribution in [2.75, 3.05) is 13.1 Å². The zero-order valence-corrected chi connectivity index (χ0v) is 15.3. The van der Waals surface area contributed by atoms with Gasteiger partial charge in [-0.25, -0.2) is 17.8 Å². The fourth-order valence-electron chi connectivity index (χ4n) is 2.93. The second-order valence-corrected chi connectivity index (χ2v) is 8.00. The van der Waals surface area contributed by atoms with E-state index in [9.17, 15) is 17.2 Å². The number of aromatic nitrogens is 2. The summed E-state index contributed by atoms with van der Waals surface area (Å²) in [6.07, 6.45) is 1.52. The lowest BCUT2D eigenvalue weighted by atomic mass is 10.2. The van der Waals surface area contributed by atoms with Crippen LogP contribution >= 0.6 is 0 Å². The van der Waals surface area contributed by atoms with Crippen molar-refractivity contribution in [3.05, 3.63) is 47.4 Å². The second-order valence-electron chi connectivity index (χ2n) is 6.09. The number of hydrogen-bond acceptors (Lipinski definition) is 5. The predicted octanol–water partition coefficient (Wildman–Crippen LogP) is 2.47. The van der Waals surface area contributed by atoms with Gasteiger partial charge in [0.15, 0.2) is 0 Å². The molecule has 1 fully saturated rings. The zero-order valence-electron chi connectivity index (χ0n) is 14.4. The minimum absolute atomic E-state index is 0.0565. The maximum atomic E-state index is 14.2. The summed E-state index contributed by atoms with van der Waals surface area (Å²) in [7, 11) is -3.77. The van der Waals surface area contributed by atoms with Gasteiger partial charge in [0, 0.05) is 6.54 Å². The Kier molecular flexibility index (Phi) is 5.19. The molecule has 9 heteroatoms. The molecule has 0 aliphatic carbocycles. The Bertz CT molecular complexity index is 921. The average Bonchev–Trinajstić information content (AvgIpc) is 3.06. The minimum atomic E-state index is -3.77. The highest BCUT2D eigenvalue weighted by atomic mass is 32.2. The molecule has 0 N–H and O–H groups in total.